The van der Waals surface area contributed by atoms with Gasteiger partial charge in [0.25, 0.3) is 0 Å². The lowest BCUT2D eigenvalue weighted by Crippen LogP contribution is -1.97. The van der Waals surface area contributed by atoms with E-state index >= 15 is 0 Å². The van der Waals surface area contributed by atoms with Crippen LogP contribution < -0.4 is 0 Å². The smallest absolute Gasteiger partial charge is 0.0143 e. The van der Waals surface area contributed by atoms with Gasteiger partial charge in [0.15, 0.2) is 0 Å². The average molecular weight is 369 g/mol. The lowest BCUT2D eigenvalue weighted by molar-refractivity contribution is 0.696. The first-order chi connectivity index (χ1) is 13.8. The summed E-state index contributed by atoms with van der Waals surface area (Å²) in [5.74, 6) is 0. The van der Waals surface area contributed by atoms with Crippen LogP contribution in [0, 0.1) is 0 Å². The third kappa shape index (κ3) is 3.92. The quantitative estimate of drug-likeness (QED) is 0.216. The van der Waals surface area contributed by atoms with Crippen molar-refractivity contribution in [1.29, 1.82) is 0 Å². The number of benzene rings is 4. The zero-order valence-corrected chi connectivity index (χ0v) is 17.4. The summed E-state index contributed by atoms with van der Waals surface area (Å²) in [7, 11) is 0. The Hall–Kier alpha value is -2.34. The van der Waals surface area contributed by atoms with E-state index in [1.54, 1.807) is 11.1 Å². The normalized spacial score (nSPS) is 11.6. The molecule has 0 aliphatic carbocycles. The Labute approximate surface area is 169 Å². The number of hydrogen-bond donors (Lipinski definition) is 0. The lowest BCUT2D eigenvalue weighted by Gasteiger charge is -2.15. The van der Waals surface area contributed by atoms with E-state index in [2.05, 4.69) is 74.5 Å². The van der Waals surface area contributed by atoms with Gasteiger partial charge >= 0.3 is 0 Å². The van der Waals surface area contributed by atoms with E-state index in [1.807, 2.05) is 0 Å². The molecule has 4 aromatic rings. The summed E-state index contributed by atoms with van der Waals surface area (Å²) in [6.45, 7) is 4.59. The standard InChI is InChI=1S/C28H32/c1-3-5-7-11-21-15-16-24-19-25-17-22-12-9-10-13-23(22)18-26(25)20-28(24)27(21)14-8-6-4-2/h9-10,12-13,15-20H,3-8,11,14H2,1-2H3. The van der Waals surface area contributed by atoms with Gasteiger partial charge in [-0.2, -0.15) is 0 Å². The summed E-state index contributed by atoms with van der Waals surface area (Å²) in [5.41, 5.74) is 3.19. The number of aryl methyl sites for hydroxylation is 2. The summed E-state index contributed by atoms with van der Waals surface area (Å²) in [6, 6.07) is 23.0. The number of hydrogen-bond acceptors (Lipinski definition) is 0. The first-order valence-corrected chi connectivity index (χ1v) is 11.2. The van der Waals surface area contributed by atoms with Crippen molar-refractivity contribution in [2.75, 3.05) is 0 Å². The highest BCUT2D eigenvalue weighted by atomic mass is 14.1. The second kappa shape index (κ2) is 8.78. The van der Waals surface area contributed by atoms with E-state index in [-0.39, 0.29) is 0 Å². The number of rotatable bonds is 8. The van der Waals surface area contributed by atoms with Crippen LogP contribution in [0.3, 0.4) is 0 Å². The summed E-state index contributed by atoms with van der Waals surface area (Å²) < 4.78 is 0. The Balaban J connectivity index is 1.84. The van der Waals surface area contributed by atoms with Gasteiger partial charge < -0.3 is 0 Å². The van der Waals surface area contributed by atoms with Crippen molar-refractivity contribution in [3.05, 3.63) is 71.8 Å². The highest BCUT2D eigenvalue weighted by Crippen LogP contribution is 2.32. The van der Waals surface area contributed by atoms with Gasteiger partial charge in [0.1, 0.15) is 0 Å². The lowest BCUT2D eigenvalue weighted by atomic mass is 9.90. The molecule has 0 bridgehead atoms. The van der Waals surface area contributed by atoms with Crippen LogP contribution in [0.4, 0.5) is 0 Å². The molecule has 0 radical (unpaired) electrons. The molecule has 0 nitrogen and oxygen atoms in total. The molecule has 4 aromatic carbocycles. The molecule has 0 spiro atoms. The largest absolute Gasteiger partial charge is 0.0654 e. The fourth-order valence-electron chi connectivity index (χ4n) is 4.52. The van der Waals surface area contributed by atoms with Gasteiger partial charge in [0.2, 0.25) is 0 Å². The Bertz CT molecular complexity index is 1090. The van der Waals surface area contributed by atoms with Gasteiger partial charge in [0.05, 0.1) is 0 Å². The van der Waals surface area contributed by atoms with Crippen LogP contribution in [0.25, 0.3) is 32.3 Å². The Morgan fingerprint density at radius 1 is 0.536 bits per heavy atom. The SMILES string of the molecule is CCCCCc1ccc2cc3cc4ccccc4cc3cc2c1CCCCC. The molecule has 0 aliphatic rings. The predicted molar refractivity (Wildman–Crippen MR) is 125 cm³/mol. The summed E-state index contributed by atoms with van der Waals surface area (Å²) in [6.07, 6.45) is 10.3. The maximum Gasteiger partial charge on any atom is -0.0143 e. The zero-order chi connectivity index (χ0) is 19.3. The zero-order valence-electron chi connectivity index (χ0n) is 17.4. The molecule has 0 aliphatic heterocycles. The molecule has 28 heavy (non-hydrogen) atoms. The molecule has 0 amide bonds. The van der Waals surface area contributed by atoms with Gasteiger partial charge in [-0.3, -0.25) is 0 Å². The minimum atomic E-state index is 1.21. The van der Waals surface area contributed by atoms with Crippen molar-refractivity contribution >= 4 is 32.3 Å². The van der Waals surface area contributed by atoms with Crippen LogP contribution in [-0.4, -0.2) is 0 Å². The second-order valence-corrected chi connectivity index (χ2v) is 8.24. The number of unbranched alkanes of at least 4 members (excludes halogenated alkanes) is 4. The molecule has 0 atom stereocenters. The minimum absolute atomic E-state index is 1.21. The van der Waals surface area contributed by atoms with Gasteiger partial charge in [-0.1, -0.05) is 75.9 Å². The molecular weight excluding hydrogens is 336 g/mol. The molecule has 0 heterocycles. The molecule has 144 valence electrons. The fourth-order valence-corrected chi connectivity index (χ4v) is 4.52. The highest BCUT2D eigenvalue weighted by molar-refractivity contribution is 6.05. The molecule has 0 saturated heterocycles. The second-order valence-electron chi connectivity index (χ2n) is 8.24. The predicted octanol–water partition coefficient (Wildman–Crippen LogP) is 8.61. The topological polar surface area (TPSA) is 0 Å². The maximum atomic E-state index is 2.46. The first-order valence-electron chi connectivity index (χ1n) is 11.2. The van der Waals surface area contributed by atoms with E-state index in [4.69, 9.17) is 0 Å². The first kappa shape index (κ1) is 19.0. The summed E-state index contributed by atoms with van der Waals surface area (Å²) >= 11 is 0. The Morgan fingerprint density at radius 2 is 1.14 bits per heavy atom. The third-order valence-electron chi connectivity index (χ3n) is 6.13. The average Bonchev–Trinajstić information content (AvgIpc) is 2.72. The summed E-state index contributed by atoms with van der Waals surface area (Å²) in [5, 5.41) is 8.26. The maximum absolute atomic E-state index is 2.46. The highest BCUT2D eigenvalue weighted by Gasteiger charge is 2.10. The van der Waals surface area contributed by atoms with Crippen molar-refractivity contribution in [3.8, 4) is 0 Å². The van der Waals surface area contributed by atoms with Gasteiger partial charge in [-0.05, 0) is 93.4 Å². The van der Waals surface area contributed by atoms with Crippen LogP contribution in [0.1, 0.15) is 63.5 Å². The van der Waals surface area contributed by atoms with Crippen LogP contribution in [-0.2, 0) is 12.8 Å². The molecule has 0 unspecified atom stereocenters. The van der Waals surface area contributed by atoms with Gasteiger partial charge in [0, 0.05) is 0 Å². The van der Waals surface area contributed by atoms with Crippen LogP contribution in [0.2, 0.25) is 0 Å². The van der Waals surface area contributed by atoms with E-state index in [0.29, 0.717) is 0 Å². The molecule has 0 heteroatoms. The molecule has 4 rings (SSSR count). The third-order valence-corrected chi connectivity index (χ3v) is 6.13. The Kier molecular flexibility index (Phi) is 5.95. The van der Waals surface area contributed by atoms with Crippen molar-refractivity contribution in [3.63, 3.8) is 0 Å². The van der Waals surface area contributed by atoms with E-state index in [1.165, 1.54) is 83.7 Å². The molecule has 0 fully saturated rings. The van der Waals surface area contributed by atoms with E-state index < -0.39 is 0 Å². The van der Waals surface area contributed by atoms with Gasteiger partial charge in [-0.25, -0.2) is 0 Å². The molecule has 0 saturated carbocycles. The van der Waals surface area contributed by atoms with E-state index in [0.717, 1.165) is 0 Å². The van der Waals surface area contributed by atoms with Crippen molar-refractivity contribution < 1.29 is 0 Å². The molecule has 0 N–H and O–H groups in total. The van der Waals surface area contributed by atoms with Crippen molar-refractivity contribution in [1.82, 2.24) is 0 Å². The Morgan fingerprint density at radius 3 is 1.82 bits per heavy atom. The van der Waals surface area contributed by atoms with Crippen LogP contribution in [0.15, 0.2) is 60.7 Å². The van der Waals surface area contributed by atoms with Crippen molar-refractivity contribution in [2.45, 2.75) is 65.2 Å². The summed E-state index contributed by atoms with van der Waals surface area (Å²) in [4.78, 5) is 0. The van der Waals surface area contributed by atoms with Crippen LogP contribution >= 0.6 is 0 Å². The van der Waals surface area contributed by atoms with Crippen molar-refractivity contribution in [2.24, 2.45) is 0 Å². The number of fused-ring (bicyclic) bond motifs is 3. The monoisotopic (exact) mass is 368 g/mol. The molecular formula is C28H32. The minimum Gasteiger partial charge on any atom is -0.0654 e. The van der Waals surface area contributed by atoms with Crippen LogP contribution in [0.5, 0.6) is 0 Å². The fraction of sp³-hybridized carbons (Fsp3) is 0.357. The van der Waals surface area contributed by atoms with Gasteiger partial charge in [-0.15, -0.1) is 0 Å². The molecule has 0 aromatic heterocycles. The van der Waals surface area contributed by atoms with E-state index in [9.17, 15) is 0 Å².